The molecule has 1 aliphatic rings. The first-order chi connectivity index (χ1) is 10.9. The Morgan fingerprint density at radius 1 is 1.48 bits per heavy atom. The molecule has 0 aliphatic heterocycles. The van der Waals surface area contributed by atoms with Gasteiger partial charge >= 0.3 is 0 Å². The number of rotatable bonds is 10. The molecule has 2 rings (SSSR count). The predicted octanol–water partition coefficient (Wildman–Crippen LogP) is 2.54. The summed E-state index contributed by atoms with van der Waals surface area (Å²) in [4.78, 5) is 11.8. The lowest BCUT2D eigenvalue weighted by molar-refractivity contribution is -0.121. The lowest BCUT2D eigenvalue weighted by Crippen LogP contribution is -2.26. The van der Waals surface area contributed by atoms with Crippen LogP contribution in [0.15, 0.2) is 6.20 Å². The third-order valence-corrected chi connectivity index (χ3v) is 4.45. The third kappa shape index (κ3) is 6.29. The van der Waals surface area contributed by atoms with E-state index in [0.717, 1.165) is 31.6 Å². The van der Waals surface area contributed by atoms with Gasteiger partial charge in [-0.3, -0.25) is 9.48 Å². The molecule has 130 valence electrons. The molecule has 0 aromatic carbocycles. The van der Waals surface area contributed by atoms with Gasteiger partial charge in [-0.25, -0.2) is 0 Å². The second kappa shape index (κ2) is 7.90. The second-order valence-electron chi connectivity index (χ2n) is 7.48. The molecule has 0 radical (unpaired) electrons. The minimum Gasteiger partial charge on any atom is -0.372 e. The quantitative estimate of drug-likeness (QED) is 0.672. The van der Waals surface area contributed by atoms with Crippen LogP contribution in [0.1, 0.15) is 59.1 Å². The zero-order valence-electron chi connectivity index (χ0n) is 14.8. The van der Waals surface area contributed by atoms with E-state index in [2.05, 4.69) is 29.5 Å². The van der Waals surface area contributed by atoms with Crippen LogP contribution in [-0.2, 0) is 22.7 Å². The van der Waals surface area contributed by atoms with Crippen molar-refractivity contribution in [3.05, 3.63) is 11.9 Å². The molecule has 1 saturated carbocycles. The van der Waals surface area contributed by atoms with Crippen molar-refractivity contribution in [2.45, 2.75) is 72.6 Å². The Kier molecular flexibility index (Phi) is 6.16. The number of nitrogens with one attached hydrogen (secondary N) is 1. The second-order valence-corrected chi connectivity index (χ2v) is 7.48. The summed E-state index contributed by atoms with van der Waals surface area (Å²) in [7, 11) is 0. The third-order valence-electron chi connectivity index (χ3n) is 4.45. The fourth-order valence-corrected chi connectivity index (χ4v) is 2.58. The normalized spacial score (nSPS) is 19.1. The van der Waals surface area contributed by atoms with Crippen LogP contribution in [0.2, 0.25) is 0 Å². The molecular formula is C17H30N4O2. The van der Waals surface area contributed by atoms with Gasteiger partial charge in [0.15, 0.2) is 0 Å². The molecule has 1 aliphatic carbocycles. The van der Waals surface area contributed by atoms with Gasteiger partial charge < -0.3 is 10.1 Å². The molecule has 1 unspecified atom stereocenters. The number of hydrogen-bond donors (Lipinski definition) is 1. The SMILES string of the molecule is CC(C)OCc1cn(CCCCC(=O)NCC2CC2(C)C)nn1. The number of ether oxygens (including phenoxy) is 1. The van der Waals surface area contributed by atoms with E-state index in [0.29, 0.717) is 24.4 Å². The Balaban J connectivity index is 1.54. The van der Waals surface area contributed by atoms with E-state index in [1.807, 2.05) is 24.7 Å². The minimum atomic E-state index is 0.164. The monoisotopic (exact) mass is 322 g/mol. The Morgan fingerprint density at radius 3 is 2.87 bits per heavy atom. The summed E-state index contributed by atoms with van der Waals surface area (Å²) in [5, 5.41) is 11.2. The Morgan fingerprint density at radius 2 is 2.22 bits per heavy atom. The highest BCUT2D eigenvalue weighted by Crippen LogP contribution is 2.50. The summed E-state index contributed by atoms with van der Waals surface area (Å²) < 4.78 is 7.32. The van der Waals surface area contributed by atoms with Crippen molar-refractivity contribution in [1.29, 1.82) is 0 Å². The van der Waals surface area contributed by atoms with Crippen molar-refractivity contribution in [1.82, 2.24) is 20.3 Å². The Bertz CT molecular complexity index is 510. The van der Waals surface area contributed by atoms with E-state index in [9.17, 15) is 4.79 Å². The lowest BCUT2D eigenvalue weighted by atomic mass is 10.1. The maximum atomic E-state index is 11.8. The first kappa shape index (κ1) is 17.9. The van der Waals surface area contributed by atoms with E-state index in [-0.39, 0.29) is 12.0 Å². The van der Waals surface area contributed by atoms with Gasteiger partial charge in [0.25, 0.3) is 0 Å². The average Bonchev–Trinajstić information content (AvgIpc) is 2.89. The largest absolute Gasteiger partial charge is 0.372 e. The molecule has 0 spiro atoms. The summed E-state index contributed by atoms with van der Waals surface area (Å²) in [5.74, 6) is 0.824. The van der Waals surface area contributed by atoms with Crippen LogP contribution in [0.4, 0.5) is 0 Å². The van der Waals surface area contributed by atoms with Gasteiger partial charge in [-0.05, 0) is 44.4 Å². The molecule has 6 heteroatoms. The number of nitrogens with zero attached hydrogens (tertiary/aromatic N) is 3. The maximum absolute atomic E-state index is 11.8. The molecule has 1 N–H and O–H groups in total. The van der Waals surface area contributed by atoms with Gasteiger partial charge in [0.05, 0.1) is 18.9 Å². The summed E-state index contributed by atoms with van der Waals surface area (Å²) in [6, 6.07) is 0. The molecular weight excluding hydrogens is 292 g/mol. The smallest absolute Gasteiger partial charge is 0.220 e. The summed E-state index contributed by atoms with van der Waals surface area (Å²) in [5.41, 5.74) is 1.28. The minimum absolute atomic E-state index is 0.164. The van der Waals surface area contributed by atoms with E-state index in [1.165, 1.54) is 6.42 Å². The van der Waals surface area contributed by atoms with Crippen molar-refractivity contribution in [2.75, 3.05) is 6.54 Å². The standard InChI is InChI=1S/C17H30N4O2/c1-13(2)23-12-15-11-21(20-19-15)8-6-5-7-16(22)18-10-14-9-17(14,3)4/h11,13-14H,5-10,12H2,1-4H3,(H,18,22). The highest BCUT2D eigenvalue weighted by atomic mass is 16.5. The van der Waals surface area contributed by atoms with Gasteiger partial charge in [0.2, 0.25) is 5.91 Å². The van der Waals surface area contributed by atoms with Gasteiger partial charge in [-0.1, -0.05) is 19.1 Å². The van der Waals surface area contributed by atoms with Crippen LogP contribution < -0.4 is 5.32 Å². The highest BCUT2D eigenvalue weighted by molar-refractivity contribution is 5.75. The first-order valence-electron chi connectivity index (χ1n) is 8.64. The molecule has 1 amide bonds. The van der Waals surface area contributed by atoms with E-state index >= 15 is 0 Å². The van der Waals surface area contributed by atoms with E-state index in [4.69, 9.17) is 4.74 Å². The molecule has 0 bridgehead atoms. The van der Waals surface area contributed by atoms with Crippen molar-refractivity contribution in [2.24, 2.45) is 11.3 Å². The van der Waals surface area contributed by atoms with Gasteiger partial charge in [0.1, 0.15) is 5.69 Å². The van der Waals surface area contributed by atoms with Crippen molar-refractivity contribution >= 4 is 5.91 Å². The number of unbranched alkanes of at least 4 members (excludes halogenated alkanes) is 1. The van der Waals surface area contributed by atoms with Gasteiger partial charge in [-0.2, -0.15) is 0 Å². The van der Waals surface area contributed by atoms with Gasteiger partial charge in [-0.15, -0.1) is 5.10 Å². The maximum Gasteiger partial charge on any atom is 0.220 e. The first-order valence-corrected chi connectivity index (χ1v) is 8.64. The van der Waals surface area contributed by atoms with Gasteiger partial charge in [0, 0.05) is 19.5 Å². The lowest BCUT2D eigenvalue weighted by Gasteiger charge is -2.06. The zero-order chi connectivity index (χ0) is 16.9. The van der Waals surface area contributed by atoms with E-state index < -0.39 is 0 Å². The zero-order valence-corrected chi connectivity index (χ0v) is 14.8. The highest BCUT2D eigenvalue weighted by Gasteiger charge is 2.45. The molecule has 6 nitrogen and oxygen atoms in total. The van der Waals surface area contributed by atoms with E-state index in [1.54, 1.807) is 0 Å². The van der Waals surface area contributed by atoms with Crippen molar-refractivity contribution in [3.8, 4) is 0 Å². The number of carbonyl (C=O) groups is 1. The Hall–Kier alpha value is -1.43. The topological polar surface area (TPSA) is 69.0 Å². The number of hydrogen-bond acceptors (Lipinski definition) is 4. The summed E-state index contributed by atoms with van der Waals surface area (Å²) in [6.45, 7) is 10.6. The molecule has 1 atom stereocenters. The summed E-state index contributed by atoms with van der Waals surface area (Å²) in [6.07, 6.45) is 5.72. The average molecular weight is 322 g/mol. The van der Waals surface area contributed by atoms with Crippen LogP contribution in [-0.4, -0.2) is 33.5 Å². The van der Waals surface area contributed by atoms with Crippen LogP contribution >= 0.6 is 0 Å². The van der Waals surface area contributed by atoms with Crippen LogP contribution in [0.25, 0.3) is 0 Å². The predicted molar refractivity (Wildman–Crippen MR) is 88.7 cm³/mol. The fraction of sp³-hybridized carbons (Fsp3) is 0.824. The molecule has 1 heterocycles. The van der Waals surface area contributed by atoms with Crippen LogP contribution in [0, 0.1) is 11.3 Å². The molecule has 0 saturated heterocycles. The molecule has 1 aromatic rings. The number of carbonyl (C=O) groups excluding carboxylic acids is 1. The molecule has 23 heavy (non-hydrogen) atoms. The van der Waals surface area contributed by atoms with Crippen molar-refractivity contribution in [3.63, 3.8) is 0 Å². The van der Waals surface area contributed by atoms with Crippen LogP contribution in [0.5, 0.6) is 0 Å². The van der Waals surface area contributed by atoms with Crippen molar-refractivity contribution < 1.29 is 9.53 Å². The molecule has 1 aromatic heterocycles. The van der Waals surface area contributed by atoms with Crippen LogP contribution in [0.3, 0.4) is 0 Å². The molecule has 1 fully saturated rings. The fourth-order valence-electron chi connectivity index (χ4n) is 2.58. The summed E-state index contributed by atoms with van der Waals surface area (Å²) >= 11 is 0. The Labute approximate surface area is 139 Å². The number of aromatic nitrogens is 3. The number of amides is 1. The number of aryl methyl sites for hydroxylation is 1.